The summed E-state index contributed by atoms with van der Waals surface area (Å²) in [6.45, 7) is 5.29. The fourth-order valence-electron chi connectivity index (χ4n) is 1.32. The molecule has 0 radical (unpaired) electrons. The Morgan fingerprint density at radius 2 is 2.18 bits per heavy atom. The molecule has 0 spiro atoms. The maximum atomic E-state index is 6.04. The fourth-order valence-corrected chi connectivity index (χ4v) is 1.32. The van der Waals surface area contributed by atoms with Gasteiger partial charge in [0, 0.05) is 18.1 Å². The lowest BCUT2D eigenvalue weighted by molar-refractivity contribution is 0.396. The van der Waals surface area contributed by atoms with Crippen LogP contribution in [0.4, 0.5) is 0 Å². The van der Waals surface area contributed by atoms with Crippen molar-refractivity contribution in [3.8, 4) is 0 Å². The molecular weight excluding hydrogens is 136 g/mol. The van der Waals surface area contributed by atoms with Crippen LogP contribution < -0.4 is 11.1 Å². The minimum absolute atomic E-state index is 0.0113. The van der Waals surface area contributed by atoms with E-state index in [2.05, 4.69) is 19.2 Å². The van der Waals surface area contributed by atoms with Gasteiger partial charge in [-0.1, -0.05) is 13.3 Å². The molecule has 1 saturated carbocycles. The van der Waals surface area contributed by atoms with Gasteiger partial charge in [-0.2, -0.15) is 0 Å². The van der Waals surface area contributed by atoms with E-state index in [0.29, 0.717) is 0 Å². The predicted octanol–water partition coefficient (Wildman–Crippen LogP) is 1.26. The molecule has 1 rings (SSSR count). The lowest BCUT2D eigenvalue weighted by Crippen LogP contribution is -2.46. The van der Waals surface area contributed by atoms with Crippen LogP contribution in [0, 0.1) is 0 Å². The summed E-state index contributed by atoms with van der Waals surface area (Å²) in [7, 11) is 0. The van der Waals surface area contributed by atoms with Gasteiger partial charge in [0.1, 0.15) is 0 Å². The predicted molar refractivity (Wildman–Crippen MR) is 48.5 cm³/mol. The summed E-state index contributed by atoms with van der Waals surface area (Å²) >= 11 is 0. The smallest absolute Gasteiger partial charge is 0.0252 e. The molecule has 3 N–H and O–H groups in total. The van der Waals surface area contributed by atoms with Gasteiger partial charge >= 0.3 is 0 Å². The standard InChI is InChI=1S/C9H20N2/c1-3-6-9(2,10)7-11-8-4-5-8/h8,11H,3-7,10H2,1-2H3. The number of nitrogens with one attached hydrogen (secondary N) is 1. The van der Waals surface area contributed by atoms with Gasteiger partial charge in [-0.3, -0.25) is 0 Å². The molecule has 0 saturated heterocycles. The zero-order valence-corrected chi connectivity index (χ0v) is 7.69. The Hall–Kier alpha value is -0.0800. The molecule has 11 heavy (non-hydrogen) atoms. The molecule has 0 aliphatic heterocycles. The van der Waals surface area contributed by atoms with Crippen LogP contribution in [0.15, 0.2) is 0 Å². The lowest BCUT2D eigenvalue weighted by Gasteiger charge is -2.24. The summed E-state index contributed by atoms with van der Waals surface area (Å²) in [4.78, 5) is 0. The molecule has 1 atom stereocenters. The number of rotatable bonds is 5. The van der Waals surface area contributed by atoms with E-state index in [1.165, 1.54) is 19.3 Å². The van der Waals surface area contributed by atoms with Gasteiger partial charge in [0.15, 0.2) is 0 Å². The fraction of sp³-hybridized carbons (Fsp3) is 1.00. The molecule has 1 fully saturated rings. The van der Waals surface area contributed by atoms with Crippen LogP contribution in [0.1, 0.15) is 39.5 Å². The zero-order valence-electron chi connectivity index (χ0n) is 7.69. The van der Waals surface area contributed by atoms with Crippen molar-refractivity contribution in [1.29, 1.82) is 0 Å². The molecule has 0 amide bonds. The third-order valence-corrected chi connectivity index (χ3v) is 2.19. The lowest BCUT2D eigenvalue weighted by atomic mass is 9.98. The average molecular weight is 156 g/mol. The highest BCUT2D eigenvalue weighted by molar-refractivity contribution is 4.87. The van der Waals surface area contributed by atoms with Gasteiger partial charge in [0.25, 0.3) is 0 Å². The zero-order chi connectivity index (χ0) is 8.32. The van der Waals surface area contributed by atoms with Gasteiger partial charge in [-0.05, 0) is 26.2 Å². The second kappa shape index (κ2) is 3.55. The minimum atomic E-state index is 0.0113. The van der Waals surface area contributed by atoms with Crippen molar-refractivity contribution >= 4 is 0 Å². The Labute approximate surface area is 69.5 Å². The van der Waals surface area contributed by atoms with E-state index < -0.39 is 0 Å². The Morgan fingerprint density at radius 3 is 2.64 bits per heavy atom. The van der Waals surface area contributed by atoms with E-state index in [1.807, 2.05) is 0 Å². The topological polar surface area (TPSA) is 38.0 Å². The molecule has 1 aliphatic rings. The Morgan fingerprint density at radius 1 is 1.55 bits per heavy atom. The summed E-state index contributed by atoms with van der Waals surface area (Å²) in [6.07, 6.45) is 5.00. The molecule has 0 aromatic rings. The van der Waals surface area contributed by atoms with Gasteiger partial charge in [-0.25, -0.2) is 0 Å². The van der Waals surface area contributed by atoms with E-state index in [9.17, 15) is 0 Å². The van der Waals surface area contributed by atoms with Gasteiger partial charge in [-0.15, -0.1) is 0 Å². The number of hydrogen-bond donors (Lipinski definition) is 2. The van der Waals surface area contributed by atoms with Gasteiger partial charge in [0.05, 0.1) is 0 Å². The molecular formula is C9H20N2. The highest BCUT2D eigenvalue weighted by Crippen LogP contribution is 2.19. The highest BCUT2D eigenvalue weighted by Gasteiger charge is 2.24. The van der Waals surface area contributed by atoms with Crippen molar-refractivity contribution in [1.82, 2.24) is 5.32 Å². The van der Waals surface area contributed by atoms with Crippen molar-refractivity contribution in [2.24, 2.45) is 5.73 Å². The first kappa shape index (κ1) is 9.01. The SMILES string of the molecule is CCCC(C)(N)CNC1CC1. The third-order valence-electron chi connectivity index (χ3n) is 2.19. The van der Waals surface area contributed by atoms with Crippen molar-refractivity contribution < 1.29 is 0 Å². The summed E-state index contributed by atoms with van der Waals surface area (Å²) in [5.74, 6) is 0. The summed E-state index contributed by atoms with van der Waals surface area (Å²) in [6, 6.07) is 0.787. The number of hydrogen-bond acceptors (Lipinski definition) is 2. The molecule has 0 aromatic carbocycles. The van der Waals surface area contributed by atoms with Gasteiger partial charge < -0.3 is 11.1 Å². The van der Waals surface area contributed by atoms with Crippen LogP contribution in [-0.2, 0) is 0 Å². The van der Waals surface area contributed by atoms with Crippen LogP contribution >= 0.6 is 0 Å². The van der Waals surface area contributed by atoms with Crippen LogP contribution in [0.25, 0.3) is 0 Å². The normalized spacial score (nSPS) is 23.2. The Balaban J connectivity index is 2.09. The highest BCUT2D eigenvalue weighted by atomic mass is 15.0. The molecule has 1 aliphatic carbocycles. The Kier molecular flexibility index (Phi) is 2.90. The molecule has 2 heteroatoms. The molecule has 0 bridgehead atoms. The van der Waals surface area contributed by atoms with Crippen molar-refractivity contribution in [2.75, 3.05) is 6.54 Å². The maximum Gasteiger partial charge on any atom is 0.0252 e. The van der Waals surface area contributed by atoms with E-state index in [-0.39, 0.29) is 5.54 Å². The largest absolute Gasteiger partial charge is 0.324 e. The molecule has 1 unspecified atom stereocenters. The monoisotopic (exact) mass is 156 g/mol. The first-order valence-electron chi connectivity index (χ1n) is 4.66. The molecule has 0 heterocycles. The van der Waals surface area contributed by atoms with Crippen LogP contribution in [0.5, 0.6) is 0 Å². The van der Waals surface area contributed by atoms with Crippen LogP contribution in [-0.4, -0.2) is 18.1 Å². The Bertz CT molecular complexity index is 117. The second-order valence-corrected chi connectivity index (χ2v) is 4.06. The molecule has 66 valence electrons. The van der Waals surface area contributed by atoms with Crippen molar-refractivity contribution in [3.63, 3.8) is 0 Å². The maximum absolute atomic E-state index is 6.04. The van der Waals surface area contributed by atoms with Crippen molar-refractivity contribution in [2.45, 2.75) is 51.1 Å². The van der Waals surface area contributed by atoms with E-state index in [0.717, 1.165) is 19.0 Å². The molecule has 2 nitrogen and oxygen atoms in total. The first-order chi connectivity index (χ1) is 5.14. The van der Waals surface area contributed by atoms with E-state index >= 15 is 0 Å². The molecule has 0 aromatic heterocycles. The van der Waals surface area contributed by atoms with Crippen LogP contribution in [0.3, 0.4) is 0 Å². The summed E-state index contributed by atoms with van der Waals surface area (Å²) in [5.41, 5.74) is 6.05. The van der Waals surface area contributed by atoms with Crippen molar-refractivity contribution in [3.05, 3.63) is 0 Å². The van der Waals surface area contributed by atoms with E-state index in [4.69, 9.17) is 5.73 Å². The average Bonchev–Trinajstić information content (AvgIpc) is 2.65. The minimum Gasteiger partial charge on any atom is -0.324 e. The first-order valence-corrected chi connectivity index (χ1v) is 4.66. The van der Waals surface area contributed by atoms with E-state index in [1.54, 1.807) is 0 Å². The van der Waals surface area contributed by atoms with Gasteiger partial charge in [0.2, 0.25) is 0 Å². The summed E-state index contributed by atoms with van der Waals surface area (Å²) in [5, 5.41) is 3.46. The summed E-state index contributed by atoms with van der Waals surface area (Å²) < 4.78 is 0. The number of nitrogens with two attached hydrogens (primary N) is 1. The quantitative estimate of drug-likeness (QED) is 0.629. The van der Waals surface area contributed by atoms with Crippen LogP contribution in [0.2, 0.25) is 0 Å². The third kappa shape index (κ3) is 3.73. The second-order valence-electron chi connectivity index (χ2n) is 4.06.